The Bertz CT molecular complexity index is 1500. The minimum absolute atomic E-state index is 0.00750. The molecule has 7 nitrogen and oxygen atoms in total. The van der Waals surface area contributed by atoms with Crippen LogP contribution in [0.25, 0.3) is 0 Å². The molecule has 3 aliphatic heterocycles. The van der Waals surface area contributed by atoms with Crippen molar-refractivity contribution >= 4 is 52.4 Å². The van der Waals surface area contributed by atoms with Gasteiger partial charge in [-0.1, -0.05) is 35.3 Å². The molecule has 3 heterocycles. The number of rotatable bonds is 6. The first-order valence-electron chi connectivity index (χ1n) is 13.3. The highest BCUT2D eigenvalue weighted by atomic mass is 35.5. The number of carboxylic acid groups (broad SMARTS) is 1. The zero-order valence-corrected chi connectivity index (χ0v) is 23.2. The van der Waals surface area contributed by atoms with Crippen LogP contribution < -0.4 is 10.2 Å². The Kier molecular flexibility index (Phi) is 6.78. The van der Waals surface area contributed by atoms with Gasteiger partial charge in [0, 0.05) is 35.3 Å². The van der Waals surface area contributed by atoms with E-state index in [-0.39, 0.29) is 45.0 Å². The number of nitrogens with one attached hydrogen (secondary N) is 1. The van der Waals surface area contributed by atoms with Crippen LogP contribution in [0.2, 0.25) is 10.0 Å². The topological polar surface area (TPSA) is 90.0 Å². The van der Waals surface area contributed by atoms with Crippen molar-refractivity contribution in [3.8, 4) is 0 Å². The summed E-state index contributed by atoms with van der Waals surface area (Å²) in [5.74, 6) is -10.2. The van der Waals surface area contributed by atoms with Crippen molar-refractivity contribution in [1.82, 2.24) is 4.90 Å². The quantitative estimate of drug-likeness (QED) is 0.398. The average molecular weight is 632 g/mol. The Hall–Kier alpha value is -2.96. The van der Waals surface area contributed by atoms with Crippen molar-refractivity contribution in [2.24, 2.45) is 17.8 Å². The van der Waals surface area contributed by atoms with E-state index in [1.54, 1.807) is 0 Å². The number of amides is 2. The third-order valence-corrected chi connectivity index (χ3v) is 9.13. The second-order valence-corrected chi connectivity index (χ2v) is 12.3. The lowest BCUT2D eigenvalue weighted by Gasteiger charge is -2.36. The number of halogens is 7. The van der Waals surface area contributed by atoms with E-state index in [0.29, 0.717) is 0 Å². The van der Waals surface area contributed by atoms with E-state index in [9.17, 15) is 32.7 Å². The molecule has 0 aromatic heterocycles. The largest absolute Gasteiger partial charge is 0.481 e. The maximum Gasteiger partial charge on any atom is 0.393 e. The van der Waals surface area contributed by atoms with Crippen LogP contribution in [0, 0.1) is 17.8 Å². The molecule has 42 heavy (non-hydrogen) atoms. The van der Waals surface area contributed by atoms with E-state index in [1.807, 2.05) is 0 Å². The fourth-order valence-electron chi connectivity index (χ4n) is 6.91. The van der Waals surface area contributed by atoms with E-state index in [2.05, 4.69) is 5.32 Å². The Morgan fingerprint density at radius 1 is 1.14 bits per heavy atom. The maximum atomic E-state index is 15.1. The second-order valence-electron chi connectivity index (χ2n) is 11.5. The van der Waals surface area contributed by atoms with Gasteiger partial charge < -0.3 is 15.3 Å². The van der Waals surface area contributed by atoms with Crippen LogP contribution >= 0.6 is 23.2 Å². The number of carboxylic acids is 1. The van der Waals surface area contributed by atoms with Gasteiger partial charge in [0.25, 0.3) is 11.8 Å². The van der Waals surface area contributed by atoms with Gasteiger partial charge in [0.2, 0.25) is 5.91 Å². The highest BCUT2D eigenvalue weighted by molar-refractivity contribution is 6.38. The van der Waals surface area contributed by atoms with Gasteiger partial charge in [-0.2, -0.15) is 13.2 Å². The molecule has 6 rings (SSSR count). The average Bonchev–Trinajstić information content (AvgIpc) is 3.50. The number of hydrogen-bond donors (Lipinski definition) is 2. The van der Waals surface area contributed by atoms with Crippen molar-refractivity contribution < 1.29 is 41.4 Å². The summed E-state index contributed by atoms with van der Waals surface area (Å²) in [6.45, 7) is -0.931. The van der Waals surface area contributed by atoms with Crippen LogP contribution in [0.15, 0.2) is 36.4 Å². The van der Waals surface area contributed by atoms with Gasteiger partial charge in [-0.15, -0.1) is 0 Å². The number of anilines is 2. The summed E-state index contributed by atoms with van der Waals surface area (Å²) in [7, 11) is 0. The molecule has 224 valence electrons. The van der Waals surface area contributed by atoms with E-state index in [1.165, 1.54) is 41.3 Å². The molecule has 2 amide bonds. The Labute approximate surface area is 246 Å². The summed E-state index contributed by atoms with van der Waals surface area (Å²) in [4.78, 5) is 43.5. The molecule has 3 fully saturated rings. The maximum absolute atomic E-state index is 15.1. The fraction of sp³-hybridized carbons (Fsp3) is 0.464. The molecule has 0 unspecified atom stereocenters. The van der Waals surface area contributed by atoms with Crippen molar-refractivity contribution in [3.63, 3.8) is 0 Å². The van der Waals surface area contributed by atoms with Crippen LogP contribution in [0.5, 0.6) is 0 Å². The molecule has 2 aromatic rings. The van der Waals surface area contributed by atoms with E-state index in [4.69, 9.17) is 23.2 Å². The molecule has 4 aliphatic rings. The van der Waals surface area contributed by atoms with Crippen molar-refractivity contribution in [2.75, 3.05) is 23.3 Å². The van der Waals surface area contributed by atoms with Crippen LogP contribution in [0.3, 0.4) is 0 Å². The van der Waals surface area contributed by atoms with E-state index in [0.717, 1.165) is 17.7 Å². The van der Waals surface area contributed by atoms with Gasteiger partial charge in [0.1, 0.15) is 11.5 Å². The van der Waals surface area contributed by atoms with Crippen LogP contribution in [0.4, 0.5) is 33.3 Å². The summed E-state index contributed by atoms with van der Waals surface area (Å²) in [5.41, 5.74) is -2.25. The first-order chi connectivity index (χ1) is 19.6. The lowest BCUT2D eigenvalue weighted by Crippen LogP contribution is -2.54. The van der Waals surface area contributed by atoms with Crippen LogP contribution in [-0.2, 0) is 26.3 Å². The second kappa shape index (κ2) is 9.78. The van der Waals surface area contributed by atoms with E-state index >= 15 is 8.78 Å². The molecule has 2 N–H and O–H groups in total. The molecule has 0 bridgehead atoms. The standard InChI is InChI=1S/C28H24Cl2F5N3O4/c29-15-7-17-22(18(30)8-15)36-25(42)28(17)21(24(40)41)20(19-10-26(31,32)12-38(19)28)23(39)37(11-13-4-5-13)16-3-1-2-14(6-16)9-27(33,34)35/h1-3,6-8,13,19-21H,4-5,9-12H2,(H,36,42)(H,40,41)/t19-,20+,21-,28+/m1/s1. The molecule has 4 atom stereocenters. The summed E-state index contributed by atoms with van der Waals surface area (Å²) in [6.07, 6.45) is -5.18. The minimum Gasteiger partial charge on any atom is -0.481 e. The van der Waals surface area contributed by atoms with Crippen molar-refractivity contribution in [1.29, 1.82) is 0 Å². The van der Waals surface area contributed by atoms with Crippen LogP contribution in [0.1, 0.15) is 30.4 Å². The minimum atomic E-state index is -4.52. The Morgan fingerprint density at radius 2 is 1.86 bits per heavy atom. The number of carbonyl (C=O) groups is 3. The van der Waals surface area contributed by atoms with Crippen molar-refractivity contribution in [2.45, 2.75) is 49.4 Å². The smallest absolute Gasteiger partial charge is 0.393 e. The molecule has 1 aliphatic carbocycles. The number of carbonyl (C=O) groups excluding carboxylic acids is 2. The Morgan fingerprint density at radius 3 is 2.50 bits per heavy atom. The zero-order chi connectivity index (χ0) is 30.4. The van der Waals surface area contributed by atoms with Gasteiger partial charge in [-0.25, -0.2) is 8.78 Å². The van der Waals surface area contributed by atoms with E-state index < -0.39 is 72.7 Å². The predicted octanol–water partition coefficient (Wildman–Crippen LogP) is 5.73. The van der Waals surface area contributed by atoms with Gasteiger partial charge >= 0.3 is 12.1 Å². The molecular weight excluding hydrogens is 608 g/mol. The molecule has 2 saturated heterocycles. The lowest BCUT2D eigenvalue weighted by molar-refractivity contribution is -0.153. The molecule has 2 aromatic carbocycles. The van der Waals surface area contributed by atoms with Gasteiger partial charge in [0.15, 0.2) is 0 Å². The first-order valence-corrected chi connectivity index (χ1v) is 14.0. The molecular formula is C28H24Cl2F5N3O4. The van der Waals surface area contributed by atoms with Crippen LogP contribution in [-0.4, -0.2) is 59.0 Å². The predicted molar refractivity (Wildman–Crippen MR) is 143 cm³/mol. The number of nitrogens with zero attached hydrogens (tertiary/aromatic N) is 2. The number of hydrogen-bond acceptors (Lipinski definition) is 4. The molecule has 1 saturated carbocycles. The molecule has 0 radical (unpaired) electrons. The first kappa shape index (κ1) is 29.1. The molecule has 14 heteroatoms. The number of aliphatic carboxylic acids is 1. The summed E-state index contributed by atoms with van der Waals surface area (Å²) < 4.78 is 69.6. The third-order valence-electron chi connectivity index (χ3n) is 8.62. The lowest BCUT2D eigenvalue weighted by atomic mass is 9.73. The normalized spacial score (nSPS) is 28.1. The SMILES string of the molecule is O=C(O)[C@H]1[C@@H](C(=O)N(CC2CC2)c2cccc(CC(F)(F)F)c2)[C@H]2CC(F)(F)CN2[C@]12C(=O)Nc1c(Cl)cc(Cl)cc12. The summed E-state index contributed by atoms with van der Waals surface area (Å²) in [6, 6.07) is 6.48. The van der Waals surface area contributed by atoms with Gasteiger partial charge in [-0.3, -0.25) is 19.3 Å². The van der Waals surface area contributed by atoms with Gasteiger partial charge in [0.05, 0.1) is 29.6 Å². The summed E-state index contributed by atoms with van der Waals surface area (Å²) >= 11 is 12.5. The number of fused-ring (bicyclic) bond motifs is 4. The van der Waals surface area contributed by atoms with Gasteiger partial charge in [-0.05, 0) is 48.6 Å². The highest BCUT2D eigenvalue weighted by Crippen LogP contribution is 2.61. The monoisotopic (exact) mass is 631 g/mol. The number of alkyl halides is 5. The zero-order valence-electron chi connectivity index (χ0n) is 21.7. The summed E-state index contributed by atoms with van der Waals surface area (Å²) in [5, 5.41) is 13.1. The fourth-order valence-corrected chi connectivity index (χ4v) is 7.45. The van der Waals surface area contributed by atoms with Crippen molar-refractivity contribution in [3.05, 3.63) is 57.6 Å². The Balaban J connectivity index is 1.50. The molecule has 1 spiro atoms. The highest BCUT2D eigenvalue weighted by Gasteiger charge is 2.74. The number of benzene rings is 2. The third kappa shape index (κ3) is 4.71.